The monoisotopic (exact) mass is 220 g/mol. The highest BCUT2D eigenvalue weighted by Gasteiger charge is 2.28. The largest absolute Gasteiger partial charge is 0.496 e. The van der Waals surface area contributed by atoms with E-state index >= 15 is 0 Å². The van der Waals surface area contributed by atoms with E-state index in [-0.39, 0.29) is 12.2 Å². The third kappa shape index (κ3) is 2.62. The SMILES string of the molecule is C[C@@H]1OC=C[C@H](O)[C@H]1OCc1ccccc1. The van der Waals surface area contributed by atoms with Crippen LogP contribution in [0.25, 0.3) is 0 Å². The lowest BCUT2D eigenvalue weighted by Gasteiger charge is -2.29. The predicted molar refractivity (Wildman–Crippen MR) is 60.7 cm³/mol. The summed E-state index contributed by atoms with van der Waals surface area (Å²) in [5.74, 6) is 0. The van der Waals surface area contributed by atoms with Gasteiger partial charge in [0.2, 0.25) is 0 Å². The van der Waals surface area contributed by atoms with Crippen molar-refractivity contribution >= 4 is 0 Å². The second-order valence-corrected chi connectivity index (χ2v) is 3.92. The summed E-state index contributed by atoms with van der Waals surface area (Å²) >= 11 is 0. The van der Waals surface area contributed by atoms with Crippen molar-refractivity contribution in [2.75, 3.05) is 0 Å². The van der Waals surface area contributed by atoms with E-state index in [4.69, 9.17) is 9.47 Å². The van der Waals surface area contributed by atoms with Gasteiger partial charge in [0.1, 0.15) is 18.3 Å². The van der Waals surface area contributed by atoms with Crippen molar-refractivity contribution < 1.29 is 14.6 Å². The molecule has 0 aliphatic carbocycles. The molecule has 1 aromatic rings. The summed E-state index contributed by atoms with van der Waals surface area (Å²) in [7, 11) is 0. The normalized spacial score (nSPS) is 28.8. The first-order chi connectivity index (χ1) is 7.77. The number of aliphatic hydroxyl groups excluding tert-OH is 1. The number of rotatable bonds is 3. The van der Waals surface area contributed by atoms with Gasteiger partial charge in [-0.25, -0.2) is 0 Å². The zero-order valence-electron chi connectivity index (χ0n) is 9.24. The van der Waals surface area contributed by atoms with Crippen LogP contribution in [0.5, 0.6) is 0 Å². The highest BCUT2D eigenvalue weighted by molar-refractivity contribution is 5.13. The number of hydrogen-bond acceptors (Lipinski definition) is 3. The van der Waals surface area contributed by atoms with Crippen molar-refractivity contribution in [1.29, 1.82) is 0 Å². The molecule has 86 valence electrons. The average Bonchev–Trinajstić information content (AvgIpc) is 2.30. The van der Waals surface area contributed by atoms with Crippen molar-refractivity contribution in [2.45, 2.75) is 31.8 Å². The summed E-state index contributed by atoms with van der Waals surface area (Å²) in [6.45, 7) is 2.38. The molecule has 0 radical (unpaired) electrons. The summed E-state index contributed by atoms with van der Waals surface area (Å²) in [5.41, 5.74) is 1.09. The number of aliphatic hydroxyl groups is 1. The lowest BCUT2D eigenvalue weighted by Crippen LogP contribution is -2.40. The van der Waals surface area contributed by atoms with Gasteiger partial charge in [-0.15, -0.1) is 0 Å². The third-order valence-corrected chi connectivity index (χ3v) is 2.65. The molecule has 1 aliphatic rings. The van der Waals surface area contributed by atoms with Crippen molar-refractivity contribution in [3.63, 3.8) is 0 Å². The minimum absolute atomic E-state index is 0.122. The summed E-state index contributed by atoms with van der Waals surface area (Å²) in [6.07, 6.45) is 2.12. The fourth-order valence-corrected chi connectivity index (χ4v) is 1.72. The van der Waals surface area contributed by atoms with Gasteiger partial charge in [-0.1, -0.05) is 30.3 Å². The third-order valence-electron chi connectivity index (χ3n) is 2.65. The number of ether oxygens (including phenoxy) is 2. The van der Waals surface area contributed by atoms with Crippen molar-refractivity contribution in [2.24, 2.45) is 0 Å². The second kappa shape index (κ2) is 5.14. The topological polar surface area (TPSA) is 38.7 Å². The molecule has 2 rings (SSSR count). The fraction of sp³-hybridized carbons (Fsp3) is 0.385. The molecule has 0 saturated heterocycles. The Morgan fingerprint density at radius 1 is 1.31 bits per heavy atom. The molecule has 1 aromatic carbocycles. The first-order valence-corrected chi connectivity index (χ1v) is 5.43. The molecule has 0 bridgehead atoms. The molecular weight excluding hydrogens is 204 g/mol. The Balaban J connectivity index is 1.92. The Kier molecular flexibility index (Phi) is 3.59. The maximum atomic E-state index is 9.73. The van der Waals surface area contributed by atoms with E-state index in [2.05, 4.69) is 0 Å². The summed E-state index contributed by atoms with van der Waals surface area (Å²) in [4.78, 5) is 0. The Bertz CT molecular complexity index is 347. The van der Waals surface area contributed by atoms with Crippen LogP contribution in [0, 0.1) is 0 Å². The van der Waals surface area contributed by atoms with Crippen LogP contribution < -0.4 is 0 Å². The van der Waals surface area contributed by atoms with E-state index in [9.17, 15) is 5.11 Å². The number of benzene rings is 1. The molecule has 0 amide bonds. The van der Waals surface area contributed by atoms with Crippen LogP contribution >= 0.6 is 0 Å². The van der Waals surface area contributed by atoms with Crippen LogP contribution in [0.2, 0.25) is 0 Å². The van der Waals surface area contributed by atoms with E-state index in [1.807, 2.05) is 37.3 Å². The van der Waals surface area contributed by atoms with Gasteiger partial charge >= 0.3 is 0 Å². The standard InChI is InChI=1S/C13H16O3/c1-10-13(12(14)7-8-15-10)16-9-11-5-3-2-4-6-11/h2-8,10,12-14H,9H2,1H3/t10-,12-,13-/m0/s1. The Morgan fingerprint density at radius 3 is 2.75 bits per heavy atom. The van der Waals surface area contributed by atoms with E-state index in [0.717, 1.165) is 5.56 Å². The maximum absolute atomic E-state index is 9.73. The molecule has 0 aromatic heterocycles. The molecule has 3 atom stereocenters. The predicted octanol–water partition coefficient (Wildman–Crippen LogP) is 1.87. The molecule has 3 nitrogen and oxygen atoms in total. The van der Waals surface area contributed by atoms with Gasteiger partial charge in [0.25, 0.3) is 0 Å². The minimum Gasteiger partial charge on any atom is -0.496 e. The van der Waals surface area contributed by atoms with Gasteiger partial charge in [0.15, 0.2) is 0 Å². The second-order valence-electron chi connectivity index (χ2n) is 3.92. The van der Waals surface area contributed by atoms with Crippen LogP contribution in [0.4, 0.5) is 0 Å². The smallest absolute Gasteiger partial charge is 0.124 e. The maximum Gasteiger partial charge on any atom is 0.124 e. The van der Waals surface area contributed by atoms with Gasteiger partial charge in [0.05, 0.1) is 12.9 Å². The van der Waals surface area contributed by atoms with E-state index < -0.39 is 6.10 Å². The highest BCUT2D eigenvalue weighted by Crippen LogP contribution is 2.17. The van der Waals surface area contributed by atoms with Gasteiger partial charge in [-0.3, -0.25) is 0 Å². The van der Waals surface area contributed by atoms with Crippen LogP contribution in [0.15, 0.2) is 42.7 Å². The van der Waals surface area contributed by atoms with E-state index in [1.54, 1.807) is 6.08 Å². The van der Waals surface area contributed by atoms with Crippen molar-refractivity contribution in [1.82, 2.24) is 0 Å². The van der Waals surface area contributed by atoms with E-state index in [1.165, 1.54) is 6.26 Å². The molecule has 16 heavy (non-hydrogen) atoms. The molecule has 1 aliphatic heterocycles. The molecule has 3 heteroatoms. The van der Waals surface area contributed by atoms with Crippen LogP contribution in [-0.4, -0.2) is 23.4 Å². The quantitative estimate of drug-likeness (QED) is 0.845. The molecule has 1 heterocycles. The van der Waals surface area contributed by atoms with E-state index in [0.29, 0.717) is 6.61 Å². The Labute approximate surface area is 95.3 Å². The molecule has 0 spiro atoms. The molecule has 0 saturated carbocycles. The molecule has 0 fully saturated rings. The average molecular weight is 220 g/mol. The summed E-state index contributed by atoms with van der Waals surface area (Å²) < 4.78 is 11.0. The van der Waals surface area contributed by atoms with Crippen LogP contribution in [0.1, 0.15) is 12.5 Å². The summed E-state index contributed by atoms with van der Waals surface area (Å²) in [5, 5.41) is 9.73. The van der Waals surface area contributed by atoms with Crippen molar-refractivity contribution in [3.05, 3.63) is 48.2 Å². The Hall–Kier alpha value is -1.32. The first-order valence-electron chi connectivity index (χ1n) is 5.43. The zero-order chi connectivity index (χ0) is 11.4. The van der Waals surface area contributed by atoms with Crippen LogP contribution in [-0.2, 0) is 16.1 Å². The van der Waals surface area contributed by atoms with Crippen molar-refractivity contribution in [3.8, 4) is 0 Å². The van der Waals surface area contributed by atoms with Gasteiger partial charge in [-0.05, 0) is 18.6 Å². The zero-order valence-corrected chi connectivity index (χ0v) is 9.24. The minimum atomic E-state index is -0.590. The Morgan fingerprint density at radius 2 is 2.06 bits per heavy atom. The van der Waals surface area contributed by atoms with Crippen LogP contribution in [0.3, 0.4) is 0 Å². The molecule has 0 unspecified atom stereocenters. The molecule has 1 N–H and O–H groups in total. The van der Waals surface area contributed by atoms with Gasteiger partial charge in [0, 0.05) is 0 Å². The lowest BCUT2D eigenvalue weighted by molar-refractivity contribution is -0.102. The highest BCUT2D eigenvalue weighted by atomic mass is 16.5. The molecular formula is C13H16O3. The summed E-state index contributed by atoms with van der Waals surface area (Å²) in [6, 6.07) is 9.90. The fourth-order valence-electron chi connectivity index (χ4n) is 1.72. The number of hydrogen-bond donors (Lipinski definition) is 1. The first kappa shape index (κ1) is 11.2. The van der Waals surface area contributed by atoms with Gasteiger partial charge < -0.3 is 14.6 Å². The lowest BCUT2D eigenvalue weighted by atomic mass is 10.1. The van der Waals surface area contributed by atoms with Gasteiger partial charge in [-0.2, -0.15) is 0 Å².